The van der Waals surface area contributed by atoms with Gasteiger partial charge < -0.3 is 10.2 Å². The molecule has 1 saturated carbocycles. The monoisotopic (exact) mass is 504 g/mol. The molecular formula is C24H30ClFN6O3. The van der Waals surface area contributed by atoms with Crippen LogP contribution in [0.15, 0.2) is 24.5 Å². The van der Waals surface area contributed by atoms with Gasteiger partial charge in [0.25, 0.3) is 0 Å². The molecule has 2 aromatic rings. The molecule has 2 atom stereocenters. The van der Waals surface area contributed by atoms with Crippen LogP contribution < -0.4 is 10.2 Å². The highest BCUT2D eigenvalue weighted by molar-refractivity contribution is 6.28. The molecule has 0 spiro atoms. The Morgan fingerprint density at radius 2 is 2.11 bits per heavy atom. The molecule has 9 nitrogen and oxygen atoms in total. The molecule has 11 heteroatoms. The van der Waals surface area contributed by atoms with E-state index in [4.69, 9.17) is 11.6 Å². The van der Waals surface area contributed by atoms with Gasteiger partial charge in [-0.3, -0.25) is 19.8 Å². The molecule has 2 amide bonds. The summed E-state index contributed by atoms with van der Waals surface area (Å²) in [6.07, 6.45) is 10.2. The number of nitrogens with one attached hydrogen (secondary N) is 1. The van der Waals surface area contributed by atoms with Gasteiger partial charge in [-0.2, -0.15) is 4.98 Å². The van der Waals surface area contributed by atoms with E-state index < -0.39 is 11.7 Å². The number of nitrogens with zero attached hydrogens (tertiary/aromatic N) is 5. The number of halogens is 2. The number of hydrogen-bond donors (Lipinski definition) is 2. The fourth-order valence-corrected chi connectivity index (χ4v) is 5.38. The first-order valence-corrected chi connectivity index (χ1v) is 12.4. The quantitative estimate of drug-likeness (QED) is 0.220. The van der Waals surface area contributed by atoms with E-state index in [1.807, 2.05) is 17.0 Å². The molecule has 3 heterocycles. The first kappa shape index (κ1) is 25.2. The van der Waals surface area contributed by atoms with Crippen LogP contribution in [0.5, 0.6) is 0 Å². The van der Waals surface area contributed by atoms with Gasteiger partial charge in [-0.1, -0.05) is 31.7 Å². The standard InChI is InChI=1S/C24H30ClFN6O3/c25-24-29-19(13-28-23(34)18(14-31(35)15-33)11-16-5-1-2-6-16)21(26)22(30-24)32-10-4-8-20(32)17-7-3-9-27-12-17/h3,7,9,12,15-16,18,20,35H,1-2,4-6,8,10-11,13-14H2,(H,28,34)/t18-,20?/m1/s1. The van der Waals surface area contributed by atoms with Gasteiger partial charge >= 0.3 is 0 Å². The van der Waals surface area contributed by atoms with E-state index in [0.29, 0.717) is 23.9 Å². The van der Waals surface area contributed by atoms with Crippen LogP contribution in [0, 0.1) is 17.7 Å². The Labute approximate surface area is 208 Å². The molecule has 2 N–H and O–H groups in total. The van der Waals surface area contributed by atoms with Crippen molar-refractivity contribution in [2.75, 3.05) is 18.0 Å². The van der Waals surface area contributed by atoms with Gasteiger partial charge in [0, 0.05) is 18.9 Å². The van der Waals surface area contributed by atoms with Gasteiger partial charge in [-0.05, 0) is 48.4 Å². The molecule has 0 radical (unpaired) electrons. The lowest BCUT2D eigenvalue weighted by atomic mass is 9.92. The number of pyridine rings is 1. The normalized spacial score (nSPS) is 19.1. The predicted molar refractivity (Wildman–Crippen MR) is 127 cm³/mol. The molecule has 0 aromatic carbocycles. The van der Waals surface area contributed by atoms with E-state index in [0.717, 1.165) is 44.1 Å². The van der Waals surface area contributed by atoms with Gasteiger partial charge in [-0.15, -0.1) is 0 Å². The second kappa shape index (κ2) is 11.7. The summed E-state index contributed by atoms with van der Waals surface area (Å²) in [4.78, 5) is 38.1. The highest BCUT2D eigenvalue weighted by Gasteiger charge is 2.32. The number of rotatable bonds is 10. The smallest absolute Gasteiger partial charge is 0.233 e. The molecule has 2 aromatic heterocycles. The fraction of sp³-hybridized carbons (Fsp3) is 0.542. The number of aromatic nitrogens is 3. The first-order chi connectivity index (χ1) is 17.0. The van der Waals surface area contributed by atoms with E-state index in [9.17, 15) is 14.8 Å². The maximum Gasteiger partial charge on any atom is 0.233 e. The number of carbonyl (C=O) groups excluding carboxylic acids is 2. The van der Waals surface area contributed by atoms with Crippen molar-refractivity contribution in [3.63, 3.8) is 0 Å². The highest BCUT2D eigenvalue weighted by Crippen LogP contribution is 2.37. The zero-order valence-electron chi connectivity index (χ0n) is 19.4. The minimum Gasteiger partial charge on any atom is -0.350 e. The first-order valence-electron chi connectivity index (χ1n) is 12.0. The summed E-state index contributed by atoms with van der Waals surface area (Å²) in [7, 11) is 0. The second-order valence-corrected chi connectivity index (χ2v) is 9.58. The third kappa shape index (κ3) is 6.24. The van der Waals surface area contributed by atoms with Gasteiger partial charge in [0.15, 0.2) is 11.6 Å². The molecule has 4 rings (SSSR count). The molecular weight excluding hydrogens is 475 g/mol. The van der Waals surface area contributed by atoms with Gasteiger partial charge in [0.1, 0.15) is 5.69 Å². The topological polar surface area (TPSA) is 112 Å². The summed E-state index contributed by atoms with van der Waals surface area (Å²) in [6.45, 7) is 0.306. The predicted octanol–water partition coefficient (Wildman–Crippen LogP) is 3.67. The Kier molecular flexibility index (Phi) is 8.46. The summed E-state index contributed by atoms with van der Waals surface area (Å²) < 4.78 is 15.6. The largest absolute Gasteiger partial charge is 0.350 e. The minimum absolute atomic E-state index is 0.0129. The number of carbonyl (C=O) groups is 2. The lowest BCUT2D eigenvalue weighted by Gasteiger charge is -2.27. The van der Waals surface area contributed by atoms with Crippen molar-refractivity contribution in [1.82, 2.24) is 25.3 Å². The Bertz CT molecular complexity index is 1020. The van der Waals surface area contributed by atoms with Crippen LogP contribution in [0.2, 0.25) is 5.28 Å². The van der Waals surface area contributed by atoms with Crippen molar-refractivity contribution in [3.8, 4) is 0 Å². The lowest BCUT2D eigenvalue weighted by molar-refractivity contribution is -0.155. The van der Waals surface area contributed by atoms with E-state index in [-0.39, 0.29) is 48.2 Å². The molecule has 188 valence electrons. The average molecular weight is 505 g/mol. The number of anilines is 1. The van der Waals surface area contributed by atoms with E-state index >= 15 is 4.39 Å². The van der Waals surface area contributed by atoms with Crippen LogP contribution in [0.4, 0.5) is 10.2 Å². The van der Waals surface area contributed by atoms with Crippen LogP contribution in [-0.2, 0) is 16.1 Å². The number of amides is 2. The molecule has 1 saturated heterocycles. The molecule has 1 aliphatic heterocycles. The molecule has 2 aliphatic rings. The van der Waals surface area contributed by atoms with Crippen LogP contribution >= 0.6 is 11.6 Å². The second-order valence-electron chi connectivity index (χ2n) is 9.24. The maximum atomic E-state index is 15.6. The summed E-state index contributed by atoms with van der Waals surface area (Å²) in [5.74, 6) is -1.15. The van der Waals surface area contributed by atoms with Crippen molar-refractivity contribution < 1.29 is 19.2 Å². The lowest BCUT2D eigenvalue weighted by Crippen LogP contribution is -2.38. The number of hydroxylamine groups is 2. The molecule has 35 heavy (non-hydrogen) atoms. The third-order valence-electron chi connectivity index (χ3n) is 6.89. The van der Waals surface area contributed by atoms with E-state index in [1.165, 1.54) is 0 Å². The molecule has 1 unspecified atom stereocenters. The summed E-state index contributed by atoms with van der Waals surface area (Å²) in [5.41, 5.74) is 0.952. The Morgan fingerprint density at radius 1 is 1.31 bits per heavy atom. The summed E-state index contributed by atoms with van der Waals surface area (Å²) in [5, 5.41) is 12.8. The van der Waals surface area contributed by atoms with Crippen LogP contribution in [-0.4, -0.2) is 50.6 Å². The third-order valence-corrected chi connectivity index (χ3v) is 7.06. The number of hydrogen-bond acceptors (Lipinski definition) is 7. The zero-order chi connectivity index (χ0) is 24.8. The Morgan fingerprint density at radius 3 is 2.83 bits per heavy atom. The highest BCUT2D eigenvalue weighted by atomic mass is 35.5. The average Bonchev–Trinajstić information content (AvgIpc) is 3.56. The van der Waals surface area contributed by atoms with Crippen molar-refractivity contribution >= 4 is 29.7 Å². The molecule has 0 bridgehead atoms. The SMILES string of the molecule is O=CN(O)C[C@@H](CC1CCCC1)C(=O)NCc1nc(Cl)nc(N2CCCC2c2cccnc2)c1F. The van der Waals surface area contributed by atoms with Crippen LogP contribution in [0.25, 0.3) is 0 Å². The minimum atomic E-state index is -0.630. The van der Waals surface area contributed by atoms with Crippen molar-refractivity contribution in [3.05, 3.63) is 46.9 Å². The van der Waals surface area contributed by atoms with Crippen molar-refractivity contribution in [2.24, 2.45) is 11.8 Å². The van der Waals surface area contributed by atoms with Gasteiger partial charge in [-0.25, -0.2) is 14.4 Å². The zero-order valence-corrected chi connectivity index (χ0v) is 20.2. The molecule has 2 fully saturated rings. The van der Waals surface area contributed by atoms with E-state index in [2.05, 4.69) is 20.3 Å². The van der Waals surface area contributed by atoms with Crippen molar-refractivity contribution in [1.29, 1.82) is 0 Å². The van der Waals surface area contributed by atoms with Gasteiger partial charge in [0.05, 0.1) is 25.0 Å². The van der Waals surface area contributed by atoms with Crippen LogP contribution in [0.1, 0.15) is 62.2 Å². The van der Waals surface area contributed by atoms with Crippen molar-refractivity contribution in [2.45, 2.75) is 57.5 Å². The Hall–Kier alpha value is -2.85. The fourth-order valence-electron chi connectivity index (χ4n) is 5.20. The Balaban J connectivity index is 1.49. The van der Waals surface area contributed by atoms with E-state index in [1.54, 1.807) is 12.4 Å². The maximum absolute atomic E-state index is 15.6. The van der Waals surface area contributed by atoms with Crippen LogP contribution in [0.3, 0.4) is 0 Å². The van der Waals surface area contributed by atoms with Gasteiger partial charge in [0.2, 0.25) is 17.6 Å². The molecule has 1 aliphatic carbocycles. The summed E-state index contributed by atoms with van der Waals surface area (Å²) in [6, 6.07) is 3.71. The summed E-state index contributed by atoms with van der Waals surface area (Å²) >= 11 is 6.15.